The Morgan fingerprint density at radius 3 is 1.90 bits per heavy atom. The highest BCUT2D eigenvalue weighted by Gasteiger charge is 2.46. The fourth-order valence-corrected chi connectivity index (χ4v) is 4.27. The predicted molar refractivity (Wildman–Crippen MR) is 130 cm³/mol. The maximum Gasteiger partial charge on any atom is 0.343 e. The van der Waals surface area contributed by atoms with E-state index >= 15 is 0 Å². The normalized spacial score (nSPS) is 18.2. The summed E-state index contributed by atoms with van der Waals surface area (Å²) < 4.78 is 11.3. The van der Waals surface area contributed by atoms with E-state index in [0.29, 0.717) is 5.75 Å². The molecular weight excluding hydrogens is 384 g/mol. The highest BCUT2D eigenvalue weighted by Crippen LogP contribution is 2.34. The summed E-state index contributed by atoms with van der Waals surface area (Å²) in [7, 11) is 0. The smallest absolute Gasteiger partial charge is 0.343 e. The third-order valence-electron chi connectivity index (χ3n) is 6.31. The number of ether oxygens (including phenoxy) is 2. The number of carbonyl (C=O) groups excluding carboxylic acids is 1. The van der Waals surface area contributed by atoms with Crippen LogP contribution in [0, 0.1) is 0 Å². The van der Waals surface area contributed by atoms with Crippen LogP contribution >= 0.6 is 0 Å². The van der Waals surface area contributed by atoms with Crippen LogP contribution in [0.3, 0.4) is 0 Å². The summed E-state index contributed by atoms with van der Waals surface area (Å²) in [4.78, 5) is 12.5. The largest absolute Gasteiger partial charge is 0.424 e. The third kappa shape index (κ3) is 10.2. The topological polar surface area (TPSA) is 38.8 Å². The van der Waals surface area contributed by atoms with Gasteiger partial charge < -0.3 is 9.47 Å². The number of benzene rings is 1. The lowest BCUT2D eigenvalue weighted by atomic mass is 9.86. The van der Waals surface area contributed by atoms with Crippen molar-refractivity contribution >= 4 is 5.97 Å². The lowest BCUT2D eigenvalue weighted by molar-refractivity contribution is -0.135. The van der Waals surface area contributed by atoms with Crippen LogP contribution in [0.15, 0.2) is 24.3 Å². The zero-order chi connectivity index (χ0) is 22.5. The maximum atomic E-state index is 12.5. The first kappa shape index (κ1) is 25.9. The van der Waals surface area contributed by atoms with Gasteiger partial charge in [-0.1, -0.05) is 129 Å². The quantitative estimate of drug-likeness (QED) is 0.115. The van der Waals surface area contributed by atoms with Gasteiger partial charge in [0, 0.05) is 5.56 Å². The van der Waals surface area contributed by atoms with Gasteiger partial charge in [-0.25, -0.2) is 4.79 Å². The molecule has 2 rings (SSSR count). The number of hydrogen-bond acceptors (Lipinski definition) is 3. The minimum absolute atomic E-state index is 0.0574. The molecule has 0 radical (unpaired) electrons. The van der Waals surface area contributed by atoms with Crippen LogP contribution in [-0.2, 0) is 14.9 Å². The summed E-state index contributed by atoms with van der Waals surface area (Å²) in [5.74, 6) is 0.423. The van der Waals surface area contributed by atoms with Crippen molar-refractivity contribution in [1.82, 2.24) is 0 Å². The lowest BCUT2D eigenvalue weighted by Crippen LogP contribution is -2.20. The minimum Gasteiger partial charge on any atom is -0.424 e. The number of rotatable bonds is 16. The summed E-state index contributed by atoms with van der Waals surface area (Å²) in [5, 5.41) is 0. The van der Waals surface area contributed by atoms with Crippen molar-refractivity contribution in [1.29, 1.82) is 0 Å². The monoisotopic (exact) mass is 430 g/mol. The Hall–Kier alpha value is -1.35. The van der Waals surface area contributed by atoms with Gasteiger partial charge in [0.2, 0.25) is 0 Å². The Kier molecular flexibility index (Phi) is 11.6. The number of para-hydroxylation sites is 1. The van der Waals surface area contributed by atoms with E-state index in [1.165, 1.54) is 77.0 Å². The highest BCUT2D eigenvalue weighted by atomic mass is 16.6. The van der Waals surface area contributed by atoms with E-state index in [1.807, 2.05) is 24.3 Å². The van der Waals surface area contributed by atoms with E-state index in [0.717, 1.165) is 18.4 Å². The Morgan fingerprint density at radius 2 is 1.35 bits per heavy atom. The highest BCUT2D eigenvalue weighted by molar-refractivity contribution is 5.80. The SMILES string of the molecule is CCCCCCCCCCCCCCCC1OC1C(=O)Oc1ccccc1C(C)(C)C. The molecule has 0 aliphatic carbocycles. The molecule has 1 heterocycles. The van der Waals surface area contributed by atoms with Crippen LogP contribution in [0.4, 0.5) is 0 Å². The van der Waals surface area contributed by atoms with E-state index < -0.39 is 0 Å². The van der Waals surface area contributed by atoms with E-state index in [-0.39, 0.29) is 23.6 Å². The summed E-state index contributed by atoms with van der Waals surface area (Å²) >= 11 is 0. The second-order valence-corrected chi connectivity index (χ2v) is 10.3. The van der Waals surface area contributed by atoms with Crippen LogP contribution in [0.25, 0.3) is 0 Å². The first-order valence-electron chi connectivity index (χ1n) is 12.9. The van der Waals surface area contributed by atoms with Gasteiger partial charge in [-0.3, -0.25) is 0 Å². The molecule has 0 saturated carbocycles. The van der Waals surface area contributed by atoms with Gasteiger partial charge in [0.05, 0.1) is 6.10 Å². The van der Waals surface area contributed by atoms with E-state index in [9.17, 15) is 4.79 Å². The molecule has 0 spiro atoms. The molecule has 1 aromatic carbocycles. The predicted octanol–water partition coefficient (Wildman–Crippen LogP) is 8.14. The number of esters is 1. The number of epoxide rings is 1. The average molecular weight is 431 g/mol. The standard InChI is InChI=1S/C28H46O3/c1-5-6-7-8-9-10-11-12-13-14-15-16-17-22-25-26(30-25)27(29)31-24-21-19-18-20-23(24)28(2,3)4/h18-21,25-26H,5-17,22H2,1-4H3. The summed E-state index contributed by atoms with van der Waals surface area (Å²) in [6, 6.07) is 7.81. The molecule has 0 N–H and O–H groups in total. The molecule has 176 valence electrons. The Balaban J connectivity index is 1.48. The van der Waals surface area contributed by atoms with Gasteiger partial charge >= 0.3 is 5.97 Å². The molecule has 31 heavy (non-hydrogen) atoms. The number of carbonyl (C=O) groups is 1. The van der Waals surface area contributed by atoms with Crippen molar-refractivity contribution < 1.29 is 14.3 Å². The molecule has 3 heteroatoms. The molecule has 0 bridgehead atoms. The second kappa shape index (κ2) is 13.9. The van der Waals surface area contributed by atoms with Gasteiger partial charge in [0.1, 0.15) is 5.75 Å². The maximum absolute atomic E-state index is 12.5. The fourth-order valence-electron chi connectivity index (χ4n) is 4.27. The molecule has 0 amide bonds. The van der Waals surface area contributed by atoms with Crippen molar-refractivity contribution in [2.45, 2.75) is 135 Å². The summed E-state index contributed by atoms with van der Waals surface area (Å²) in [6.07, 6.45) is 18.3. The Labute approximate surface area is 191 Å². The van der Waals surface area contributed by atoms with Crippen molar-refractivity contribution in [3.63, 3.8) is 0 Å². The molecule has 0 aromatic heterocycles. The van der Waals surface area contributed by atoms with Gasteiger partial charge in [-0.05, 0) is 17.9 Å². The molecule has 1 aliphatic heterocycles. The Morgan fingerprint density at radius 1 is 0.839 bits per heavy atom. The third-order valence-corrected chi connectivity index (χ3v) is 6.31. The molecule has 1 saturated heterocycles. The number of unbranched alkanes of at least 4 members (excludes halogenated alkanes) is 12. The molecule has 3 nitrogen and oxygen atoms in total. The van der Waals surface area contributed by atoms with Gasteiger partial charge in [-0.15, -0.1) is 0 Å². The van der Waals surface area contributed by atoms with Crippen LogP contribution in [-0.4, -0.2) is 18.2 Å². The van der Waals surface area contributed by atoms with Gasteiger partial charge in [0.15, 0.2) is 6.10 Å². The van der Waals surface area contributed by atoms with E-state index in [2.05, 4.69) is 27.7 Å². The zero-order valence-electron chi connectivity index (χ0n) is 20.6. The van der Waals surface area contributed by atoms with Crippen molar-refractivity contribution in [3.05, 3.63) is 29.8 Å². The first-order chi connectivity index (χ1) is 14.9. The van der Waals surface area contributed by atoms with E-state index in [4.69, 9.17) is 9.47 Å². The van der Waals surface area contributed by atoms with Gasteiger partial charge in [-0.2, -0.15) is 0 Å². The molecule has 1 aliphatic rings. The molecular formula is C28H46O3. The molecule has 2 atom stereocenters. The zero-order valence-corrected chi connectivity index (χ0v) is 20.6. The number of hydrogen-bond donors (Lipinski definition) is 0. The fraction of sp³-hybridized carbons (Fsp3) is 0.750. The lowest BCUT2D eigenvalue weighted by Gasteiger charge is -2.21. The van der Waals surface area contributed by atoms with Crippen LogP contribution in [0.2, 0.25) is 0 Å². The average Bonchev–Trinajstić information content (AvgIpc) is 3.51. The molecule has 1 fully saturated rings. The van der Waals surface area contributed by atoms with Crippen LogP contribution in [0.1, 0.15) is 123 Å². The first-order valence-corrected chi connectivity index (χ1v) is 12.9. The van der Waals surface area contributed by atoms with Crippen molar-refractivity contribution in [2.24, 2.45) is 0 Å². The van der Waals surface area contributed by atoms with Crippen LogP contribution in [0.5, 0.6) is 5.75 Å². The van der Waals surface area contributed by atoms with Crippen LogP contribution < -0.4 is 4.74 Å². The van der Waals surface area contributed by atoms with Gasteiger partial charge in [0.25, 0.3) is 0 Å². The van der Waals surface area contributed by atoms with Crippen molar-refractivity contribution in [3.8, 4) is 5.75 Å². The Bertz CT molecular complexity index is 631. The van der Waals surface area contributed by atoms with Crippen molar-refractivity contribution in [2.75, 3.05) is 0 Å². The summed E-state index contributed by atoms with van der Waals surface area (Å²) in [6.45, 7) is 8.67. The van der Waals surface area contributed by atoms with E-state index in [1.54, 1.807) is 0 Å². The molecule has 1 aromatic rings. The second-order valence-electron chi connectivity index (χ2n) is 10.3. The summed E-state index contributed by atoms with van der Waals surface area (Å²) in [5.41, 5.74) is 0.993. The minimum atomic E-state index is -0.370. The molecule has 2 unspecified atom stereocenters.